The Hall–Kier alpha value is -6.52. The third kappa shape index (κ3) is 4.38. The maximum Gasteiger partial charge on any atom is 0.344 e. The van der Waals surface area contributed by atoms with E-state index in [4.69, 9.17) is 9.47 Å². The first kappa shape index (κ1) is 27.8. The lowest BCUT2D eigenvalue weighted by atomic mass is 9.96. The number of rotatable bonds is 4. The maximum atomic E-state index is 14.3. The summed E-state index contributed by atoms with van der Waals surface area (Å²) < 4.78 is 12.8. The molecule has 9 aromatic carbocycles. The fourth-order valence-corrected chi connectivity index (χ4v) is 7.02. The van der Waals surface area contributed by atoms with Gasteiger partial charge in [-0.3, -0.25) is 0 Å². The molecule has 0 unspecified atom stereocenters. The third-order valence-corrected chi connectivity index (χ3v) is 9.17. The maximum absolute atomic E-state index is 14.3. The highest BCUT2D eigenvalue weighted by Crippen LogP contribution is 2.44. The van der Waals surface area contributed by atoms with E-state index in [0.717, 1.165) is 43.1 Å². The standard InChI is InChI=1S/C44H26O4/c45-43(39-31-17-5-1-13-27(31)25-28-14-2-6-18-32(28)39)47-41-35-21-9-11-23-37(35)42(38-24-12-10-22-36(38)41)48-44(46)40-33-19-7-3-15-29(33)26-30-16-4-8-20-34(30)40/h1-26H. The summed E-state index contributed by atoms with van der Waals surface area (Å²) in [6, 6.07) is 50.8. The van der Waals surface area contributed by atoms with Gasteiger partial charge in [0.15, 0.2) is 0 Å². The summed E-state index contributed by atoms with van der Waals surface area (Å²) in [6.45, 7) is 0. The molecule has 0 fully saturated rings. The van der Waals surface area contributed by atoms with E-state index in [2.05, 4.69) is 12.1 Å². The van der Waals surface area contributed by atoms with Gasteiger partial charge in [-0.25, -0.2) is 9.59 Å². The monoisotopic (exact) mass is 618 g/mol. The molecule has 226 valence electrons. The molecule has 9 aromatic rings. The Kier molecular flexibility index (Phi) is 6.41. The summed E-state index contributed by atoms with van der Waals surface area (Å²) >= 11 is 0. The van der Waals surface area contributed by atoms with Gasteiger partial charge < -0.3 is 9.47 Å². The molecule has 0 aliphatic rings. The van der Waals surface area contributed by atoms with Crippen LogP contribution in [-0.4, -0.2) is 11.9 Å². The number of carbonyl (C=O) groups is 2. The lowest BCUT2D eigenvalue weighted by Crippen LogP contribution is -2.12. The predicted octanol–water partition coefficient (Wildman–Crippen LogP) is 11.0. The van der Waals surface area contributed by atoms with Crippen molar-refractivity contribution in [2.45, 2.75) is 0 Å². The van der Waals surface area contributed by atoms with E-state index in [1.807, 2.05) is 146 Å². The number of benzene rings is 9. The molecule has 0 atom stereocenters. The number of esters is 2. The molecule has 0 saturated heterocycles. The van der Waals surface area contributed by atoms with Crippen molar-refractivity contribution in [1.29, 1.82) is 0 Å². The molecule has 0 aromatic heterocycles. The topological polar surface area (TPSA) is 52.6 Å². The van der Waals surface area contributed by atoms with Crippen molar-refractivity contribution in [3.8, 4) is 11.5 Å². The molecule has 0 heterocycles. The van der Waals surface area contributed by atoms with Gasteiger partial charge in [0.05, 0.1) is 11.1 Å². The second-order valence-corrected chi connectivity index (χ2v) is 11.9. The van der Waals surface area contributed by atoms with Gasteiger partial charge in [-0.2, -0.15) is 0 Å². The van der Waals surface area contributed by atoms with Gasteiger partial charge in [0.25, 0.3) is 0 Å². The number of carbonyl (C=O) groups excluding carboxylic acids is 2. The van der Waals surface area contributed by atoms with Gasteiger partial charge in [0, 0.05) is 21.5 Å². The second-order valence-electron chi connectivity index (χ2n) is 11.9. The van der Waals surface area contributed by atoms with E-state index in [1.54, 1.807) is 0 Å². The number of hydrogen-bond donors (Lipinski definition) is 0. The minimum atomic E-state index is -0.453. The van der Waals surface area contributed by atoms with E-state index < -0.39 is 11.9 Å². The summed E-state index contributed by atoms with van der Waals surface area (Å²) in [5.74, 6) is -0.0761. The zero-order valence-electron chi connectivity index (χ0n) is 25.6. The zero-order valence-corrected chi connectivity index (χ0v) is 25.6. The van der Waals surface area contributed by atoms with Gasteiger partial charge in [-0.05, 0) is 55.2 Å². The van der Waals surface area contributed by atoms with E-state index in [1.165, 1.54) is 0 Å². The fraction of sp³-hybridized carbons (Fsp3) is 0. The average molecular weight is 619 g/mol. The minimum absolute atomic E-state index is 0.415. The average Bonchev–Trinajstić information content (AvgIpc) is 3.13. The van der Waals surface area contributed by atoms with Crippen molar-refractivity contribution in [2.24, 2.45) is 0 Å². The highest BCUT2D eigenvalue weighted by Gasteiger charge is 2.24. The molecule has 0 spiro atoms. The van der Waals surface area contributed by atoms with Gasteiger partial charge in [0.1, 0.15) is 11.5 Å². The number of hydrogen-bond acceptors (Lipinski definition) is 4. The Morgan fingerprint density at radius 1 is 0.312 bits per heavy atom. The van der Waals surface area contributed by atoms with Crippen LogP contribution in [0.5, 0.6) is 11.5 Å². The molecule has 0 N–H and O–H groups in total. The summed E-state index contributed by atoms with van der Waals surface area (Å²) in [4.78, 5) is 28.6. The van der Waals surface area contributed by atoms with Crippen LogP contribution in [0, 0.1) is 0 Å². The van der Waals surface area contributed by atoms with Gasteiger partial charge in [-0.15, -0.1) is 0 Å². The highest BCUT2D eigenvalue weighted by molar-refractivity contribution is 6.21. The smallest absolute Gasteiger partial charge is 0.344 e. The van der Waals surface area contributed by atoms with E-state index in [0.29, 0.717) is 44.2 Å². The first-order chi connectivity index (χ1) is 23.7. The molecule has 4 heteroatoms. The lowest BCUT2D eigenvalue weighted by molar-refractivity contribution is 0.0730. The minimum Gasteiger partial charge on any atom is -0.422 e. The summed E-state index contributed by atoms with van der Waals surface area (Å²) in [5.41, 5.74) is 1.02. The Labute approximate surface area is 275 Å². The molecule has 48 heavy (non-hydrogen) atoms. The van der Waals surface area contributed by atoms with Crippen LogP contribution in [0.1, 0.15) is 20.7 Å². The molecule has 9 rings (SSSR count). The van der Waals surface area contributed by atoms with E-state index in [9.17, 15) is 9.59 Å². The molecule has 0 aliphatic heterocycles. The summed E-state index contributed by atoms with van der Waals surface area (Å²) in [7, 11) is 0. The van der Waals surface area contributed by atoms with Gasteiger partial charge in [-0.1, -0.05) is 146 Å². The van der Waals surface area contributed by atoms with Crippen LogP contribution in [0.2, 0.25) is 0 Å². The van der Waals surface area contributed by atoms with Crippen LogP contribution in [0.15, 0.2) is 158 Å². The largest absolute Gasteiger partial charge is 0.422 e. The van der Waals surface area contributed by atoms with Crippen LogP contribution < -0.4 is 9.47 Å². The summed E-state index contributed by atoms with van der Waals surface area (Å²) in [5, 5.41) is 9.79. The molecule has 0 bridgehead atoms. The molecule has 0 amide bonds. The first-order valence-corrected chi connectivity index (χ1v) is 15.8. The molecular formula is C44H26O4. The fourth-order valence-electron chi connectivity index (χ4n) is 7.02. The van der Waals surface area contributed by atoms with Crippen molar-refractivity contribution in [3.05, 3.63) is 169 Å². The Balaban J connectivity index is 1.22. The Bertz CT molecular complexity index is 2420. The Morgan fingerprint density at radius 2 is 0.542 bits per heavy atom. The normalized spacial score (nSPS) is 11.5. The molecule has 0 radical (unpaired) electrons. The lowest BCUT2D eigenvalue weighted by Gasteiger charge is -2.18. The zero-order chi connectivity index (χ0) is 32.2. The third-order valence-electron chi connectivity index (χ3n) is 9.17. The van der Waals surface area contributed by atoms with Gasteiger partial charge >= 0.3 is 11.9 Å². The highest BCUT2D eigenvalue weighted by atomic mass is 16.5. The molecule has 4 nitrogen and oxygen atoms in total. The van der Waals surface area contributed by atoms with Crippen molar-refractivity contribution in [1.82, 2.24) is 0 Å². The number of ether oxygens (including phenoxy) is 2. The SMILES string of the molecule is O=C(Oc1c2ccccc2c(OC(=O)c2c3ccccc3cc3ccccc23)c2ccccc12)c1c2ccccc2cc2ccccc12. The quantitative estimate of drug-likeness (QED) is 0.112. The Morgan fingerprint density at radius 3 is 0.812 bits per heavy atom. The van der Waals surface area contributed by atoms with Crippen LogP contribution >= 0.6 is 0 Å². The molecule has 0 aliphatic carbocycles. The van der Waals surface area contributed by atoms with Crippen molar-refractivity contribution in [3.63, 3.8) is 0 Å². The first-order valence-electron chi connectivity index (χ1n) is 15.8. The van der Waals surface area contributed by atoms with Crippen molar-refractivity contribution < 1.29 is 19.1 Å². The van der Waals surface area contributed by atoms with Crippen molar-refractivity contribution in [2.75, 3.05) is 0 Å². The summed E-state index contributed by atoms with van der Waals surface area (Å²) in [6.07, 6.45) is 0. The van der Waals surface area contributed by atoms with E-state index in [-0.39, 0.29) is 0 Å². The molecular weight excluding hydrogens is 592 g/mol. The van der Waals surface area contributed by atoms with Crippen LogP contribution in [0.4, 0.5) is 0 Å². The van der Waals surface area contributed by atoms with E-state index >= 15 is 0 Å². The van der Waals surface area contributed by atoms with Crippen LogP contribution in [0.25, 0.3) is 64.6 Å². The van der Waals surface area contributed by atoms with Crippen molar-refractivity contribution >= 4 is 76.6 Å². The predicted molar refractivity (Wildman–Crippen MR) is 194 cm³/mol. The second kappa shape index (κ2) is 11.1. The number of fused-ring (bicyclic) bond motifs is 6. The molecule has 0 saturated carbocycles. The van der Waals surface area contributed by atoms with Crippen LogP contribution in [0.3, 0.4) is 0 Å². The van der Waals surface area contributed by atoms with Crippen LogP contribution in [-0.2, 0) is 0 Å². The van der Waals surface area contributed by atoms with Gasteiger partial charge in [0.2, 0.25) is 0 Å².